The summed E-state index contributed by atoms with van der Waals surface area (Å²) in [6.07, 6.45) is 5.46. The van der Waals surface area contributed by atoms with Crippen LogP contribution in [0.25, 0.3) is 0 Å². The molecule has 2 rings (SSSR count). The van der Waals surface area contributed by atoms with E-state index in [2.05, 4.69) is 11.9 Å². The van der Waals surface area contributed by atoms with Crippen molar-refractivity contribution in [3.63, 3.8) is 0 Å². The van der Waals surface area contributed by atoms with Crippen molar-refractivity contribution < 1.29 is 4.74 Å². The van der Waals surface area contributed by atoms with E-state index in [9.17, 15) is 0 Å². The summed E-state index contributed by atoms with van der Waals surface area (Å²) < 4.78 is 5.41. The van der Waals surface area contributed by atoms with Crippen LogP contribution < -0.4 is 5.32 Å². The summed E-state index contributed by atoms with van der Waals surface area (Å²) >= 11 is 0. The molecule has 0 aromatic carbocycles. The van der Waals surface area contributed by atoms with Crippen molar-refractivity contribution in [1.29, 1.82) is 0 Å². The summed E-state index contributed by atoms with van der Waals surface area (Å²) in [6, 6.07) is 0.535. The van der Waals surface area contributed by atoms with Gasteiger partial charge in [-0.2, -0.15) is 0 Å². The fraction of sp³-hybridized carbons (Fsp3) is 0.818. The van der Waals surface area contributed by atoms with E-state index in [1.54, 1.807) is 7.11 Å². The number of fused-ring (bicyclic) bond motifs is 1. The highest BCUT2D eigenvalue weighted by Crippen LogP contribution is 2.34. The minimum absolute atomic E-state index is 0.298. The number of methoxy groups -OCH3 is 1. The molecule has 1 heterocycles. The second kappa shape index (κ2) is 3.81. The molecule has 0 aromatic heterocycles. The number of rotatable bonds is 1. The topological polar surface area (TPSA) is 21.3 Å². The average Bonchev–Trinajstić information content (AvgIpc) is 2.19. The highest BCUT2D eigenvalue weighted by Gasteiger charge is 2.34. The van der Waals surface area contributed by atoms with Gasteiger partial charge in [0.05, 0.1) is 6.10 Å². The Morgan fingerprint density at radius 2 is 2.23 bits per heavy atom. The summed E-state index contributed by atoms with van der Waals surface area (Å²) in [5, 5.41) is 3.56. The average molecular weight is 181 g/mol. The van der Waals surface area contributed by atoms with E-state index in [1.807, 2.05) is 0 Å². The summed E-state index contributed by atoms with van der Waals surface area (Å²) in [6.45, 7) is 5.31. The van der Waals surface area contributed by atoms with Crippen molar-refractivity contribution in [2.75, 3.05) is 13.7 Å². The molecule has 1 N–H and O–H groups in total. The van der Waals surface area contributed by atoms with Gasteiger partial charge in [0.1, 0.15) is 0 Å². The Hall–Kier alpha value is -0.340. The SMILES string of the molecule is C=C1C(OC)CCC2CCCNC12. The van der Waals surface area contributed by atoms with Gasteiger partial charge in [-0.15, -0.1) is 0 Å². The summed E-state index contributed by atoms with van der Waals surface area (Å²) in [7, 11) is 1.79. The first-order chi connectivity index (χ1) is 6.33. The second-order valence-electron chi connectivity index (χ2n) is 4.21. The standard InChI is InChI=1S/C11H19NO/c1-8-10(13-2)6-5-9-4-3-7-12-11(8)9/h9-12H,1,3-7H2,2H3. The third-order valence-corrected chi connectivity index (χ3v) is 3.48. The summed E-state index contributed by atoms with van der Waals surface area (Å²) in [4.78, 5) is 0. The minimum Gasteiger partial charge on any atom is -0.377 e. The van der Waals surface area contributed by atoms with Gasteiger partial charge in [-0.25, -0.2) is 0 Å². The van der Waals surface area contributed by atoms with Crippen molar-refractivity contribution in [2.45, 2.75) is 37.8 Å². The largest absolute Gasteiger partial charge is 0.377 e. The Kier molecular flexibility index (Phi) is 2.70. The third kappa shape index (κ3) is 1.65. The van der Waals surface area contributed by atoms with Gasteiger partial charge >= 0.3 is 0 Å². The van der Waals surface area contributed by atoms with Crippen molar-refractivity contribution in [2.24, 2.45) is 5.92 Å². The molecular formula is C11H19NO. The van der Waals surface area contributed by atoms with E-state index in [0.717, 1.165) is 18.9 Å². The van der Waals surface area contributed by atoms with Gasteiger partial charge in [0.2, 0.25) is 0 Å². The van der Waals surface area contributed by atoms with Gasteiger partial charge in [0.15, 0.2) is 0 Å². The molecule has 2 heteroatoms. The molecule has 0 amide bonds. The number of ether oxygens (including phenoxy) is 1. The van der Waals surface area contributed by atoms with Crippen LogP contribution in [0, 0.1) is 5.92 Å². The Morgan fingerprint density at radius 1 is 1.38 bits per heavy atom. The Labute approximate surface area is 80.4 Å². The fourth-order valence-corrected chi connectivity index (χ4v) is 2.72. The van der Waals surface area contributed by atoms with Crippen LogP contribution in [0.2, 0.25) is 0 Å². The molecule has 0 radical (unpaired) electrons. The molecule has 0 spiro atoms. The van der Waals surface area contributed by atoms with Crippen LogP contribution in [0.5, 0.6) is 0 Å². The molecule has 1 saturated carbocycles. The Bertz CT molecular complexity index is 202. The van der Waals surface area contributed by atoms with E-state index in [0.29, 0.717) is 12.1 Å². The van der Waals surface area contributed by atoms with E-state index in [-0.39, 0.29) is 0 Å². The molecule has 13 heavy (non-hydrogen) atoms. The minimum atomic E-state index is 0.298. The van der Waals surface area contributed by atoms with Crippen molar-refractivity contribution >= 4 is 0 Å². The lowest BCUT2D eigenvalue weighted by molar-refractivity contribution is 0.0790. The van der Waals surface area contributed by atoms with E-state index in [4.69, 9.17) is 4.74 Å². The predicted molar refractivity (Wildman–Crippen MR) is 53.7 cm³/mol. The van der Waals surface area contributed by atoms with Crippen LogP contribution in [0.15, 0.2) is 12.2 Å². The molecule has 3 atom stereocenters. The maximum Gasteiger partial charge on any atom is 0.0793 e. The molecule has 0 aromatic rings. The number of nitrogens with one attached hydrogen (secondary N) is 1. The lowest BCUT2D eigenvalue weighted by Gasteiger charge is -2.41. The third-order valence-electron chi connectivity index (χ3n) is 3.48. The van der Waals surface area contributed by atoms with Crippen molar-refractivity contribution in [3.05, 3.63) is 12.2 Å². The summed E-state index contributed by atoms with van der Waals surface area (Å²) in [5.41, 5.74) is 1.28. The molecule has 1 saturated heterocycles. The molecule has 0 bridgehead atoms. The van der Waals surface area contributed by atoms with Gasteiger partial charge in [-0.3, -0.25) is 0 Å². The maximum absolute atomic E-state index is 5.41. The first kappa shape index (κ1) is 9.22. The zero-order valence-corrected chi connectivity index (χ0v) is 8.38. The van der Waals surface area contributed by atoms with Gasteiger partial charge in [-0.1, -0.05) is 6.58 Å². The van der Waals surface area contributed by atoms with Crippen molar-refractivity contribution in [3.8, 4) is 0 Å². The highest BCUT2D eigenvalue weighted by atomic mass is 16.5. The summed E-state index contributed by atoms with van der Waals surface area (Å²) in [5.74, 6) is 0.827. The van der Waals surface area contributed by atoms with E-state index in [1.165, 1.54) is 24.8 Å². The molecule has 2 nitrogen and oxygen atoms in total. The van der Waals surface area contributed by atoms with Crippen LogP contribution in [0.4, 0.5) is 0 Å². The zero-order valence-electron chi connectivity index (χ0n) is 8.38. The first-order valence-electron chi connectivity index (χ1n) is 5.28. The number of hydrogen-bond donors (Lipinski definition) is 1. The molecule has 2 fully saturated rings. The molecule has 2 aliphatic rings. The van der Waals surface area contributed by atoms with Crippen LogP contribution in [-0.2, 0) is 4.74 Å². The van der Waals surface area contributed by atoms with Crippen LogP contribution in [0.3, 0.4) is 0 Å². The molecular weight excluding hydrogens is 162 g/mol. The monoisotopic (exact) mass is 181 g/mol. The number of hydrogen-bond acceptors (Lipinski definition) is 2. The first-order valence-corrected chi connectivity index (χ1v) is 5.28. The predicted octanol–water partition coefficient (Wildman–Crippen LogP) is 1.72. The normalized spacial score (nSPS) is 40.1. The Morgan fingerprint density at radius 3 is 3.00 bits per heavy atom. The Balaban J connectivity index is 2.05. The van der Waals surface area contributed by atoms with Crippen LogP contribution >= 0.6 is 0 Å². The van der Waals surface area contributed by atoms with Crippen molar-refractivity contribution in [1.82, 2.24) is 5.32 Å². The maximum atomic E-state index is 5.41. The van der Waals surface area contributed by atoms with E-state index < -0.39 is 0 Å². The molecule has 1 aliphatic carbocycles. The quantitative estimate of drug-likeness (QED) is 0.622. The van der Waals surface area contributed by atoms with Gasteiger partial charge in [0.25, 0.3) is 0 Å². The molecule has 3 unspecified atom stereocenters. The number of piperidine rings is 1. The molecule has 74 valence electrons. The highest BCUT2D eigenvalue weighted by molar-refractivity contribution is 5.17. The smallest absolute Gasteiger partial charge is 0.0793 e. The fourth-order valence-electron chi connectivity index (χ4n) is 2.72. The lowest BCUT2D eigenvalue weighted by Crippen LogP contribution is -2.48. The lowest BCUT2D eigenvalue weighted by atomic mass is 9.76. The second-order valence-corrected chi connectivity index (χ2v) is 4.21. The van der Waals surface area contributed by atoms with E-state index >= 15 is 0 Å². The van der Waals surface area contributed by atoms with Gasteiger partial charge < -0.3 is 10.1 Å². The zero-order chi connectivity index (χ0) is 9.26. The van der Waals surface area contributed by atoms with Gasteiger partial charge in [0, 0.05) is 13.2 Å². The molecule has 1 aliphatic heterocycles. The van der Waals surface area contributed by atoms with Gasteiger partial charge in [-0.05, 0) is 43.7 Å². The van der Waals surface area contributed by atoms with Crippen LogP contribution in [-0.4, -0.2) is 25.8 Å². The van der Waals surface area contributed by atoms with Crippen LogP contribution in [0.1, 0.15) is 25.7 Å².